The highest BCUT2D eigenvalue weighted by atomic mass is 32.2. The van der Waals surface area contributed by atoms with Crippen LogP contribution in [-0.4, -0.2) is 16.8 Å². The molecule has 0 spiro atoms. The SMILES string of the molecule is CCCC(CCC)N1CCc2cc(S(=O)c3ccccc3)ccc21. The van der Waals surface area contributed by atoms with E-state index in [2.05, 4.69) is 36.9 Å². The van der Waals surface area contributed by atoms with Crippen molar-refractivity contribution in [2.75, 3.05) is 11.4 Å². The lowest BCUT2D eigenvalue weighted by atomic mass is 10.0. The normalized spacial score (nSPS) is 14.9. The van der Waals surface area contributed by atoms with Gasteiger partial charge in [0.05, 0.1) is 10.8 Å². The smallest absolute Gasteiger partial charge is 0.0849 e. The Kier molecular flexibility index (Phi) is 5.72. The third kappa shape index (κ3) is 3.56. The standard InChI is InChI=1S/C21H27NOS/c1-3-8-18(9-4-2)22-15-14-17-16-20(12-13-21(17)22)24(23)19-10-6-5-7-11-19/h5-7,10-13,16,18H,3-4,8-9,14-15H2,1-2H3. The van der Waals surface area contributed by atoms with Gasteiger partial charge in [-0.15, -0.1) is 0 Å². The van der Waals surface area contributed by atoms with Gasteiger partial charge in [0.2, 0.25) is 0 Å². The first-order valence-electron chi connectivity index (χ1n) is 9.11. The lowest BCUT2D eigenvalue weighted by Gasteiger charge is -2.30. The van der Waals surface area contributed by atoms with Gasteiger partial charge in [-0.3, -0.25) is 0 Å². The predicted octanol–water partition coefficient (Wildman–Crippen LogP) is 5.18. The Morgan fingerprint density at radius 1 is 1.00 bits per heavy atom. The van der Waals surface area contributed by atoms with E-state index in [0.29, 0.717) is 6.04 Å². The Hall–Kier alpha value is -1.61. The minimum absolute atomic E-state index is 0.645. The van der Waals surface area contributed by atoms with E-state index < -0.39 is 10.8 Å². The molecule has 1 heterocycles. The topological polar surface area (TPSA) is 20.3 Å². The summed E-state index contributed by atoms with van der Waals surface area (Å²) < 4.78 is 12.8. The van der Waals surface area contributed by atoms with Crippen LogP contribution in [0.5, 0.6) is 0 Å². The van der Waals surface area contributed by atoms with Gasteiger partial charge in [0.1, 0.15) is 0 Å². The molecule has 0 bridgehead atoms. The zero-order valence-corrected chi connectivity index (χ0v) is 15.5. The van der Waals surface area contributed by atoms with Crippen molar-refractivity contribution in [3.05, 3.63) is 54.1 Å². The minimum atomic E-state index is -1.09. The summed E-state index contributed by atoms with van der Waals surface area (Å²) in [5.41, 5.74) is 2.71. The van der Waals surface area contributed by atoms with Crippen LogP contribution >= 0.6 is 0 Å². The molecule has 0 aliphatic carbocycles. The maximum atomic E-state index is 12.8. The van der Waals surface area contributed by atoms with Crippen molar-refractivity contribution < 1.29 is 4.21 Å². The number of benzene rings is 2. The summed E-state index contributed by atoms with van der Waals surface area (Å²) in [6, 6.07) is 16.8. The van der Waals surface area contributed by atoms with Crippen LogP contribution in [-0.2, 0) is 17.2 Å². The summed E-state index contributed by atoms with van der Waals surface area (Å²) in [5, 5.41) is 0. The van der Waals surface area contributed by atoms with Crippen LogP contribution in [0.3, 0.4) is 0 Å². The molecule has 0 amide bonds. The first kappa shape index (κ1) is 17.2. The average Bonchev–Trinajstić information content (AvgIpc) is 3.04. The molecule has 24 heavy (non-hydrogen) atoms. The predicted molar refractivity (Wildman–Crippen MR) is 102 cm³/mol. The lowest BCUT2D eigenvalue weighted by molar-refractivity contribution is 0.514. The highest BCUT2D eigenvalue weighted by molar-refractivity contribution is 7.85. The molecule has 1 unspecified atom stereocenters. The zero-order valence-electron chi connectivity index (χ0n) is 14.7. The molecule has 128 valence electrons. The van der Waals surface area contributed by atoms with Crippen molar-refractivity contribution in [1.29, 1.82) is 0 Å². The molecule has 0 saturated heterocycles. The van der Waals surface area contributed by atoms with E-state index >= 15 is 0 Å². The van der Waals surface area contributed by atoms with E-state index in [0.717, 1.165) is 22.8 Å². The van der Waals surface area contributed by atoms with Gasteiger partial charge in [-0.05, 0) is 55.2 Å². The van der Waals surface area contributed by atoms with Crippen molar-refractivity contribution in [1.82, 2.24) is 0 Å². The molecule has 3 heteroatoms. The summed E-state index contributed by atoms with van der Waals surface area (Å²) >= 11 is 0. The van der Waals surface area contributed by atoms with Crippen LogP contribution in [0.4, 0.5) is 5.69 Å². The highest BCUT2D eigenvalue weighted by Crippen LogP contribution is 2.34. The molecule has 1 aliphatic rings. The Labute approximate surface area is 148 Å². The van der Waals surface area contributed by atoms with Gasteiger partial charge < -0.3 is 4.90 Å². The fourth-order valence-electron chi connectivity index (χ4n) is 3.70. The van der Waals surface area contributed by atoms with Gasteiger partial charge in [-0.1, -0.05) is 44.9 Å². The third-order valence-electron chi connectivity index (χ3n) is 4.84. The molecule has 3 rings (SSSR count). The molecule has 1 aliphatic heterocycles. The van der Waals surface area contributed by atoms with Gasteiger partial charge in [0.15, 0.2) is 0 Å². The van der Waals surface area contributed by atoms with Crippen molar-refractivity contribution >= 4 is 16.5 Å². The van der Waals surface area contributed by atoms with Crippen LogP contribution < -0.4 is 4.90 Å². The Bertz CT molecular complexity index is 692. The monoisotopic (exact) mass is 341 g/mol. The first-order chi connectivity index (χ1) is 11.7. The van der Waals surface area contributed by atoms with Crippen LogP contribution in [0.1, 0.15) is 45.1 Å². The molecule has 0 N–H and O–H groups in total. The molecule has 1 atom stereocenters. The summed E-state index contributed by atoms with van der Waals surface area (Å²) in [4.78, 5) is 4.38. The van der Waals surface area contributed by atoms with E-state index in [9.17, 15) is 4.21 Å². The Morgan fingerprint density at radius 2 is 1.71 bits per heavy atom. The van der Waals surface area contributed by atoms with E-state index in [1.165, 1.54) is 36.9 Å². The molecule has 2 aromatic rings. The van der Waals surface area contributed by atoms with Crippen molar-refractivity contribution in [3.63, 3.8) is 0 Å². The number of fused-ring (bicyclic) bond motifs is 1. The van der Waals surface area contributed by atoms with Crippen LogP contribution in [0.15, 0.2) is 58.3 Å². The fourth-order valence-corrected chi connectivity index (χ4v) is 4.82. The van der Waals surface area contributed by atoms with Gasteiger partial charge in [0, 0.05) is 28.1 Å². The molecule has 0 fully saturated rings. The number of hydrogen-bond acceptors (Lipinski definition) is 2. The Balaban J connectivity index is 1.84. The third-order valence-corrected chi connectivity index (χ3v) is 6.22. The molecule has 2 aromatic carbocycles. The van der Waals surface area contributed by atoms with Gasteiger partial charge in [-0.25, -0.2) is 4.21 Å². The highest BCUT2D eigenvalue weighted by Gasteiger charge is 2.25. The van der Waals surface area contributed by atoms with E-state index in [1.54, 1.807) is 0 Å². The van der Waals surface area contributed by atoms with Crippen molar-refractivity contribution in [2.45, 2.75) is 61.8 Å². The van der Waals surface area contributed by atoms with Gasteiger partial charge in [0.25, 0.3) is 0 Å². The number of anilines is 1. The molecule has 0 saturated carbocycles. The van der Waals surface area contributed by atoms with Crippen LogP contribution in [0, 0.1) is 0 Å². The second-order valence-corrected chi connectivity index (χ2v) is 8.03. The molecular formula is C21H27NOS. The molecule has 0 radical (unpaired) electrons. The van der Waals surface area contributed by atoms with E-state index in [1.807, 2.05) is 30.3 Å². The second-order valence-electron chi connectivity index (χ2n) is 6.55. The largest absolute Gasteiger partial charge is 0.368 e. The first-order valence-corrected chi connectivity index (χ1v) is 10.3. The molecule has 2 nitrogen and oxygen atoms in total. The maximum Gasteiger partial charge on any atom is 0.0849 e. The van der Waals surface area contributed by atoms with Gasteiger partial charge >= 0.3 is 0 Å². The van der Waals surface area contributed by atoms with E-state index in [-0.39, 0.29) is 0 Å². The Morgan fingerprint density at radius 3 is 2.38 bits per heavy atom. The van der Waals surface area contributed by atoms with Crippen molar-refractivity contribution in [2.24, 2.45) is 0 Å². The summed E-state index contributed by atoms with van der Waals surface area (Å²) in [6.07, 6.45) is 6.04. The van der Waals surface area contributed by atoms with Crippen LogP contribution in [0.25, 0.3) is 0 Å². The summed E-state index contributed by atoms with van der Waals surface area (Å²) in [7, 11) is -1.09. The average molecular weight is 342 g/mol. The van der Waals surface area contributed by atoms with E-state index in [4.69, 9.17) is 0 Å². The zero-order chi connectivity index (χ0) is 16.9. The lowest BCUT2D eigenvalue weighted by Crippen LogP contribution is -2.33. The molecular weight excluding hydrogens is 314 g/mol. The second kappa shape index (κ2) is 7.98. The quantitative estimate of drug-likeness (QED) is 0.691. The molecule has 0 aromatic heterocycles. The number of hydrogen-bond donors (Lipinski definition) is 0. The fraction of sp³-hybridized carbons (Fsp3) is 0.429. The summed E-state index contributed by atoms with van der Waals surface area (Å²) in [6.45, 7) is 5.64. The van der Waals surface area contributed by atoms with Crippen molar-refractivity contribution in [3.8, 4) is 0 Å². The van der Waals surface area contributed by atoms with Crippen LogP contribution in [0.2, 0.25) is 0 Å². The number of rotatable bonds is 7. The maximum absolute atomic E-state index is 12.8. The van der Waals surface area contributed by atoms with Gasteiger partial charge in [-0.2, -0.15) is 0 Å². The summed E-state index contributed by atoms with van der Waals surface area (Å²) in [5.74, 6) is 0. The minimum Gasteiger partial charge on any atom is -0.368 e. The number of nitrogens with zero attached hydrogens (tertiary/aromatic N) is 1.